The standard InChI is InChI=1S/C19H23N3O5S2/c23-18(5-6-20-29(24,25)19-2-1-11-28-19)22-9-7-21(8-10-22)13-15-3-4-16-17(12-15)27-14-26-16/h1-4,11-12,20H,5-10,13-14H2. The van der Waals surface area contributed by atoms with E-state index in [-0.39, 0.29) is 29.9 Å². The molecule has 1 saturated heterocycles. The fourth-order valence-electron chi connectivity index (χ4n) is 3.39. The van der Waals surface area contributed by atoms with Crippen molar-refractivity contribution in [1.82, 2.24) is 14.5 Å². The molecule has 156 valence electrons. The van der Waals surface area contributed by atoms with Gasteiger partial charge in [-0.3, -0.25) is 9.69 Å². The van der Waals surface area contributed by atoms with E-state index in [2.05, 4.69) is 9.62 Å². The van der Waals surface area contributed by atoms with Crippen molar-refractivity contribution >= 4 is 27.3 Å². The van der Waals surface area contributed by atoms with Crippen LogP contribution in [-0.4, -0.2) is 63.6 Å². The minimum absolute atomic E-state index is 0.0263. The van der Waals surface area contributed by atoms with E-state index in [0.29, 0.717) is 13.1 Å². The van der Waals surface area contributed by atoms with E-state index in [1.54, 1.807) is 22.4 Å². The maximum Gasteiger partial charge on any atom is 0.250 e. The molecule has 10 heteroatoms. The number of rotatable bonds is 7. The van der Waals surface area contributed by atoms with Gasteiger partial charge in [0.05, 0.1) is 0 Å². The van der Waals surface area contributed by atoms with Gasteiger partial charge in [-0.05, 0) is 29.1 Å². The number of carbonyl (C=O) groups is 1. The van der Waals surface area contributed by atoms with Crippen LogP contribution in [0.4, 0.5) is 0 Å². The number of benzene rings is 1. The second-order valence-electron chi connectivity index (χ2n) is 6.92. The molecule has 0 spiro atoms. The molecular formula is C19H23N3O5S2. The number of hydrogen-bond donors (Lipinski definition) is 1. The lowest BCUT2D eigenvalue weighted by atomic mass is 10.1. The van der Waals surface area contributed by atoms with E-state index in [1.165, 1.54) is 0 Å². The average molecular weight is 438 g/mol. The molecule has 0 aliphatic carbocycles. The van der Waals surface area contributed by atoms with E-state index in [0.717, 1.165) is 48.0 Å². The third-order valence-corrected chi connectivity index (χ3v) is 7.82. The van der Waals surface area contributed by atoms with Crippen LogP contribution in [0.25, 0.3) is 0 Å². The molecule has 1 amide bonds. The van der Waals surface area contributed by atoms with Crippen LogP contribution in [0.15, 0.2) is 39.9 Å². The van der Waals surface area contributed by atoms with E-state index < -0.39 is 10.0 Å². The summed E-state index contributed by atoms with van der Waals surface area (Å²) in [7, 11) is -3.52. The highest BCUT2D eigenvalue weighted by atomic mass is 32.2. The molecule has 0 bridgehead atoms. The summed E-state index contributed by atoms with van der Waals surface area (Å²) in [5.74, 6) is 1.53. The summed E-state index contributed by atoms with van der Waals surface area (Å²) in [5.41, 5.74) is 1.15. The second kappa shape index (κ2) is 8.70. The first-order chi connectivity index (χ1) is 14.0. The molecule has 29 heavy (non-hydrogen) atoms. The average Bonchev–Trinajstić information content (AvgIpc) is 3.40. The zero-order chi connectivity index (χ0) is 20.3. The third kappa shape index (κ3) is 4.89. The van der Waals surface area contributed by atoms with E-state index in [9.17, 15) is 13.2 Å². The van der Waals surface area contributed by atoms with E-state index in [4.69, 9.17) is 9.47 Å². The van der Waals surface area contributed by atoms with Gasteiger partial charge in [0.1, 0.15) is 4.21 Å². The molecule has 1 aromatic heterocycles. The number of amides is 1. The lowest BCUT2D eigenvalue weighted by Gasteiger charge is -2.34. The molecule has 0 unspecified atom stereocenters. The predicted octanol–water partition coefficient (Wildman–Crippen LogP) is 1.49. The number of ether oxygens (including phenoxy) is 2. The summed E-state index contributed by atoms with van der Waals surface area (Å²) in [6, 6.07) is 9.20. The molecule has 2 aliphatic heterocycles. The van der Waals surface area contributed by atoms with Crippen LogP contribution in [0, 0.1) is 0 Å². The first kappa shape index (κ1) is 20.1. The third-order valence-electron chi connectivity index (χ3n) is 4.96. The molecule has 1 N–H and O–H groups in total. The summed E-state index contributed by atoms with van der Waals surface area (Å²) in [5, 5.41) is 1.71. The SMILES string of the molecule is O=C(CCNS(=O)(=O)c1cccs1)N1CCN(Cc2ccc3c(c2)OCO3)CC1. The minimum atomic E-state index is -3.52. The van der Waals surface area contributed by atoms with Gasteiger partial charge in [0, 0.05) is 45.7 Å². The first-order valence-electron chi connectivity index (χ1n) is 9.43. The summed E-state index contributed by atoms with van der Waals surface area (Å²) in [6.45, 7) is 4.00. The van der Waals surface area contributed by atoms with Crippen molar-refractivity contribution in [3.8, 4) is 11.5 Å². The monoisotopic (exact) mass is 437 g/mol. The minimum Gasteiger partial charge on any atom is -0.454 e. The van der Waals surface area contributed by atoms with Gasteiger partial charge in [-0.25, -0.2) is 13.1 Å². The molecule has 3 heterocycles. The molecule has 0 radical (unpaired) electrons. The second-order valence-corrected chi connectivity index (χ2v) is 9.87. The number of piperazine rings is 1. The molecule has 4 rings (SSSR count). The molecule has 2 aliphatic rings. The van der Waals surface area contributed by atoms with Crippen molar-refractivity contribution in [3.63, 3.8) is 0 Å². The predicted molar refractivity (Wildman–Crippen MR) is 109 cm³/mol. The van der Waals surface area contributed by atoms with Crippen LogP contribution in [0.3, 0.4) is 0 Å². The largest absolute Gasteiger partial charge is 0.454 e. The van der Waals surface area contributed by atoms with Gasteiger partial charge in [0.25, 0.3) is 0 Å². The number of thiophene rings is 1. The van der Waals surface area contributed by atoms with Crippen molar-refractivity contribution in [3.05, 3.63) is 41.3 Å². The number of nitrogens with one attached hydrogen (secondary N) is 1. The number of fused-ring (bicyclic) bond motifs is 1. The van der Waals surface area contributed by atoms with Crippen LogP contribution in [-0.2, 0) is 21.4 Å². The van der Waals surface area contributed by atoms with Crippen LogP contribution >= 0.6 is 11.3 Å². The Hall–Kier alpha value is -2.14. The maximum absolute atomic E-state index is 12.4. The fourth-order valence-corrected chi connectivity index (χ4v) is 5.46. The van der Waals surface area contributed by atoms with Gasteiger partial charge in [-0.15, -0.1) is 11.3 Å². The summed E-state index contributed by atoms with van der Waals surface area (Å²) >= 11 is 1.16. The highest BCUT2D eigenvalue weighted by Gasteiger charge is 2.22. The number of carbonyl (C=O) groups excluding carboxylic acids is 1. The lowest BCUT2D eigenvalue weighted by molar-refractivity contribution is -0.132. The molecule has 2 aromatic rings. The zero-order valence-electron chi connectivity index (χ0n) is 15.9. The van der Waals surface area contributed by atoms with Gasteiger partial charge in [0.15, 0.2) is 11.5 Å². The van der Waals surface area contributed by atoms with Gasteiger partial charge in [-0.1, -0.05) is 12.1 Å². The normalized spacial score (nSPS) is 16.9. The van der Waals surface area contributed by atoms with Gasteiger partial charge >= 0.3 is 0 Å². The molecular weight excluding hydrogens is 414 g/mol. The topological polar surface area (TPSA) is 88.2 Å². The van der Waals surface area contributed by atoms with Crippen LogP contribution in [0.5, 0.6) is 11.5 Å². The quantitative estimate of drug-likeness (QED) is 0.706. The number of sulfonamides is 1. The maximum atomic E-state index is 12.4. The number of hydrogen-bond acceptors (Lipinski definition) is 7. The van der Waals surface area contributed by atoms with Gasteiger partial charge in [-0.2, -0.15) is 0 Å². The highest BCUT2D eigenvalue weighted by Crippen LogP contribution is 2.32. The Balaban J connectivity index is 1.20. The molecule has 1 fully saturated rings. The Morgan fingerprint density at radius 1 is 1.10 bits per heavy atom. The zero-order valence-corrected chi connectivity index (χ0v) is 17.5. The van der Waals surface area contributed by atoms with Gasteiger partial charge < -0.3 is 14.4 Å². The molecule has 1 aromatic carbocycles. The Bertz CT molecular complexity index is 954. The molecule has 0 atom stereocenters. The van der Waals surface area contributed by atoms with Crippen molar-refractivity contribution in [2.75, 3.05) is 39.5 Å². The van der Waals surface area contributed by atoms with Crippen LogP contribution in [0.2, 0.25) is 0 Å². The Morgan fingerprint density at radius 3 is 2.66 bits per heavy atom. The van der Waals surface area contributed by atoms with Crippen molar-refractivity contribution in [2.24, 2.45) is 0 Å². The van der Waals surface area contributed by atoms with Crippen molar-refractivity contribution < 1.29 is 22.7 Å². The number of nitrogens with zero attached hydrogens (tertiary/aromatic N) is 2. The smallest absolute Gasteiger partial charge is 0.250 e. The van der Waals surface area contributed by atoms with Crippen molar-refractivity contribution in [1.29, 1.82) is 0 Å². The molecule has 8 nitrogen and oxygen atoms in total. The summed E-state index contributed by atoms with van der Waals surface area (Å²) in [6.07, 6.45) is 0.159. The van der Waals surface area contributed by atoms with Crippen LogP contribution in [0.1, 0.15) is 12.0 Å². The van der Waals surface area contributed by atoms with Crippen molar-refractivity contribution in [2.45, 2.75) is 17.2 Å². The highest BCUT2D eigenvalue weighted by molar-refractivity contribution is 7.91. The fraction of sp³-hybridized carbons (Fsp3) is 0.421. The summed E-state index contributed by atoms with van der Waals surface area (Å²) < 4.78 is 37.7. The van der Waals surface area contributed by atoms with Crippen LogP contribution < -0.4 is 14.2 Å². The first-order valence-corrected chi connectivity index (χ1v) is 11.8. The summed E-state index contributed by atoms with van der Waals surface area (Å²) in [4.78, 5) is 16.5. The molecule has 0 saturated carbocycles. The Kier molecular flexibility index (Phi) is 6.04. The lowest BCUT2D eigenvalue weighted by Crippen LogP contribution is -2.48. The van der Waals surface area contributed by atoms with Gasteiger partial charge in [0.2, 0.25) is 22.7 Å². The Morgan fingerprint density at radius 2 is 1.90 bits per heavy atom. The van der Waals surface area contributed by atoms with E-state index in [1.807, 2.05) is 18.2 Å². The van der Waals surface area contributed by atoms with E-state index >= 15 is 0 Å². The Labute approximate surface area is 174 Å².